The van der Waals surface area contributed by atoms with Crippen molar-refractivity contribution in [2.75, 3.05) is 13.1 Å². The third kappa shape index (κ3) is 2.52. The number of likely N-dealkylation sites (tertiary alicyclic amines) is 1. The molecule has 0 spiro atoms. The van der Waals surface area contributed by atoms with E-state index in [2.05, 4.69) is 10.1 Å². The zero-order valence-corrected chi connectivity index (χ0v) is 13.3. The molecule has 1 aliphatic rings. The lowest BCUT2D eigenvalue weighted by Crippen LogP contribution is -2.47. The number of hydrogen-bond acceptors (Lipinski definition) is 5. The Morgan fingerprint density at radius 2 is 2.04 bits per heavy atom. The Hall–Kier alpha value is -2.65. The van der Waals surface area contributed by atoms with Crippen molar-refractivity contribution in [2.45, 2.75) is 26.4 Å². The van der Waals surface area contributed by atoms with Crippen LogP contribution >= 0.6 is 0 Å². The van der Waals surface area contributed by atoms with Crippen LogP contribution in [-0.2, 0) is 4.79 Å². The number of halogens is 3. The molecule has 1 amide bonds. The van der Waals surface area contributed by atoms with E-state index in [0.29, 0.717) is 16.8 Å². The molecule has 1 N–H and O–H groups in total. The van der Waals surface area contributed by atoms with E-state index in [9.17, 15) is 22.8 Å². The average molecular weight is 357 g/mol. The standard InChI is InChI=1S/C15H14F3N3O4/c1-7-5-9(10-8(2)20-25-11(10)19-7)12(22)21-4-3-14(6-21,13(23)24)15(16,17)18/h5H,3-4,6H2,1-2H3,(H,23,24). The van der Waals surface area contributed by atoms with Gasteiger partial charge in [-0.05, 0) is 26.3 Å². The number of fused-ring (bicyclic) bond motifs is 1. The van der Waals surface area contributed by atoms with E-state index in [1.54, 1.807) is 13.8 Å². The molecule has 1 saturated heterocycles. The van der Waals surface area contributed by atoms with Crippen molar-refractivity contribution < 1.29 is 32.4 Å². The van der Waals surface area contributed by atoms with Gasteiger partial charge < -0.3 is 14.5 Å². The van der Waals surface area contributed by atoms with Gasteiger partial charge in [0.2, 0.25) is 0 Å². The Labute approximate surface area is 139 Å². The number of rotatable bonds is 2. The molecule has 0 saturated carbocycles. The van der Waals surface area contributed by atoms with Gasteiger partial charge in [-0.2, -0.15) is 13.2 Å². The molecule has 1 atom stereocenters. The number of aromatic nitrogens is 2. The van der Waals surface area contributed by atoms with Crippen LogP contribution in [0.5, 0.6) is 0 Å². The molecule has 0 aliphatic carbocycles. The topological polar surface area (TPSA) is 96.5 Å². The summed E-state index contributed by atoms with van der Waals surface area (Å²) in [5.41, 5.74) is -1.92. The van der Waals surface area contributed by atoms with Crippen LogP contribution in [0, 0.1) is 19.3 Å². The van der Waals surface area contributed by atoms with Gasteiger partial charge in [-0.15, -0.1) is 0 Å². The smallest absolute Gasteiger partial charge is 0.406 e. The molecule has 1 unspecified atom stereocenters. The summed E-state index contributed by atoms with van der Waals surface area (Å²) in [4.78, 5) is 29.0. The van der Waals surface area contributed by atoms with Crippen molar-refractivity contribution in [2.24, 2.45) is 5.41 Å². The summed E-state index contributed by atoms with van der Waals surface area (Å²) < 4.78 is 44.9. The number of pyridine rings is 1. The first-order valence-corrected chi connectivity index (χ1v) is 7.40. The molecule has 1 aliphatic heterocycles. The fourth-order valence-electron chi connectivity index (χ4n) is 3.07. The monoisotopic (exact) mass is 357 g/mol. The second-order valence-corrected chi connectivity index (χ2v) is 6.12. The van der Waals surface area contributed by atoms with Crippen LogP contribution in [0.4, 0.5) is 13.2 Å². The van der Waals surface area contributed by atoms with Gasteiger partial charge in [0, 0.05) is 18.8 Å². The van der Waals surface area contributed by atoms with Crippen LogP contribution in [0.25, 0.3) is 11.1 Å². The highest BCUT2D eigenvalue weighted by Gasteiger charge is 2.64. The number of carbonyl (C=O) groups excluding carboxylic acids is 1. The fourth-order valence-corrected chi connectivity index (χ4v) is 3.07. The Balaban J connectivity index is 2.01. The Morgan fingerprint density at radius 1 is 1.36 bits per heavy atom. The van der Waals surface area contributed by atoms with E-state index in [1.807, 2.05) is 0 Å². The number of amides is 1. The van der Waals surface area contributed by atoms with E-state index >= 15 is 0 Å². The molecule has 134 valence electrons. The maximum absolute atomic E-state index is 13.3. The van der Waals surface area contributed by atoms with Crippen molar-refractivity contribution in [3.63, 3.8) is 0 Å². The molecule has 1 fully saturated rings. The van der Waals surface area contributed by atoms with Crippen LogP contribution in [0.3, 0.4) is 0 Å². The summed E-state index contributed by atoms with van der Waals surface area (Å²) in [6.07, 6.45) is -5.64. The third-order valence-corrected chi connectivity index (χ3v) is 4.48. The van der Waals surface area contributed by atoms with Gasteiger partial charge in [0.05, 0.1) is 16.6 Å². The SMILES string of the molecule is Cc1cc(C(=O)N2CCC(C(=O)O)(C(F)(F)F)C2)c2c(C)noc2n1. The Morgan fingerprint density at radius 3 is 2.60 bits per heavy atom. The second-order valence-electron chi connectivity index (χ2n) is 6.12. The van der Waals surface area contributed by atoms with Gasteiger partial charge in [0.1, 0.15) is 0 Å². The highest BCUT2D eigenvalue weighted by atomic mass is 19.4. The van der Waals surface area contributed by atoms with E-state index in [0.717, 1.165) is 4.90 Å². The summed E-state index contributed by atoms with van der Waals surface area (Å²) >= 11 is 0. The minimum Gasteiger partial charge on any atom is -0.481 e. The number of carboxylic acids is 1. The zero-order valence-electron chi connectivity index (χ0n) is 13.3. The molecule has 0 radical (unpaired) electrons. The van der Waals surface area contributed by atoms with Gasteiger partial charge >= 0.3 is 12.1 Å². The Bertz CT molecular complexity index is 877. The van der Waals surface area contributed by atoms with Crippen molar-refractivity contribution in [1.29, 1.82) is 0 Å². The van der Waals surface area contributed by atoms with E-state index in [1.165, 1.54) is 6.07 Å². The van der Waals surface area contributed by atoms with Crippen LogP contribution in [0.1, 0.15) is 28.2 Å². The number of aliphatic carboxylic acids is 1. The van der Waals surface area contributed by atoms with Crippen molar-refractivity contribution >= 4 is 23.0 Å². The molecule has 2 aromatic rings. The summed E-state index contributed by atoms with van der Waals surface area (Å²) in [6.45, 7) is 1.95. The number of aryl methyl sites for hydroxylation is 2. The summed E-state index contributed by atoms with van der Waals surface area (Å²) in [7, 11) is 0. The lowest BCUT2D eigenvalue weighted by atomic mass is 9.86. The number of carboxylic acid groups (broad SMARTS) is 1. The van der Waals surface area contributed by atoms with Gasteiger partial charge in [-0.25, -0.2) is 4.98 Å². The van der Waals surface area contributed by atoms with Gasteiger partial charge in [-0.1, -0.05) is 5.16 Å². The minimum atomic E-state index is -4.95. The highest BCUT2D eigenvalue weighted by Crippen LogP contribution is 2.46. The average Bonchev–Trinajstić information content (AvgIpc) is 3.10. The molecule has 0 aromatic carbocycles. The predicted molar refractivity (Wildman–Crippen MR) is 77.9 cm³/mol. The summed E-state index contributed by atoms with van der Waals surface area (Å²) in [5.74, 6) is -2.68. The quantitative estimate of drug-likeness (QED) is 0.886. The van der Waals surface area contributed by atoms with Crippen LogP contribution in [0.2, 0.25) is 0 Å². The number of carbonyl (C=O) groups is 2. The Kier molecular flexibility index (Phi) is 3.73. The van der Waals surface area contributed by atoms with Gasteiger partial charge in [-0.3, -0.25) is 9.59 Å². The minimum absolute atomic E-state index is 0.101. The van der Waals surface area contributed by atoms with Crippen molar-refractivity contribution in [1.82, 2.24) is 15.0 Å². The van der Waals surface area contributed by atoms with Gasteiger partial charge in [0.15, 0.2) is 5.41 Å². The first kappa shape index (κ1) is 17.2. The van der Waals surface area contributed by atoms with Crippen LogP contribution < -0.4 is 0 Å². The third-order valence-electron chi connectivity index (χ3n) is 4.48. The first-order chi connectivity index (χ1) is 11.6. The van der Waals surface area contributed by atoms with Crippen molar-refractivity contribution in [3.8, 4) is 0 Å². The van der Waals surface area contributed by atoms with Crippen molar-refractivity contribution in [3.05, 3.63) is 23.0 Å². The number of hydrogen-bond donors (Lipinski definition) is 1. The number of alkyl halides is 3. The summed E-state index contributed by atoms with van der Waals surface area (Å²) in [5, 5.41) is 13.1. The first-order valence-electron chi connectivity index (χ1n) is 7.40. The van der Waals surface area contributed by atoms with E-state index in [4.69, 9.17) is 9.63 Å². The molecule has 25 heavy (non-hydrogen) atoms. The molecule has 10 heteroatoms. The second kappa shape index (κ2) is 5.43. The van der Waals surface area contributed by atoms with Crippen LogP contribution in [0.15, 0.2) is 10.6 Å². The molecule has 7 nitrogen and oxygen atoms in total. The molecular weight excluding hydrogens is 343 g/mol. The number of nitrogens with zero attached hydrogens (tertiary/aromatic N) is 3. The largest absolute Gasteiger partial charge is 0.481 e. The molecular formula is C15H14F3N3O4. The van der Waals surface area contributed by atoms with Gasteiger partial charge in [0.25, 0.3) is 11.6 Å². The molecule has 0 bridgehead atoms. The predicted octanol–water partition coefficient (Wildman–Crippen LogP) is 2.32. The molecule has 3 heterocycles. The molecule has 3 rings (SSSR count). The van der Waals surface area contributed by atoms with E-state index < -0.39 is 36.4 Å². The fraction of sp³-hybridized carbons (Fsp3) is 0.467. The zero-order chi connectivity index (χ0) is 18.6. The highest BCUT2D eigenvalue weighted by molar-refractivity contribution is 6.06. The maximum Gasteiger partial charge on any atom is 0.406 e. The normalized spacial score (nSPS) is 21.1. The summed E-state index contributed by atoms with van der Waals surface area (Å²) in [6, 6.07) is 1.43. The maximum atomic E-state index is 13.3. The molecule has 2 aromatic heterocycles. The van der Waals surface area contributed by atoms with E-state index in [-0.39, 0.29) is 17.8 Å². The van der Waals surface area contributed by atoms with Crippen LogP contribution in [-0.4, -0.2) is 51.3 Å². The lowest BCUT2D eigenvalue weighted by Gasteiger charge is -2.27. The lowest BCUT2D eigenvalue weighted by molar-refractivity contribution is -0.227.